The van der Waals surface area contributed by atoms with Crippen molar-refractivity contribution >= 4 is 34.4 Å². The molecule has 0 fully saturated rings. The first-order valence-electron chi connectivity index (χ1n) is 13.6. The Morgan fingerprint density at radius 2 is 1.15 bits per heavy atom. The van der Waals surface area contributed by atoms with Crippen LogP contribution in [0.1, 0.15) is 82.9 Å². The molecule has 7 nitrogen and oxygen atoms in total. The average Bonchev–Trinajstić information content (AvgIpc) is 2.93. The fraction of sp³-hybridized carbons (Fsp3) is 0.235. The van der Waals surface area contributed by atoms with E-state index in [4.69, 9.17) is 0 Å². The van der Waals surface area contributed by atoms with Crippen LogP contribution in [0.5, 0.6) is 0 Å². The van der Waals surface area contributed by atoms with Gasteiger partial charge in [-0.2, -0.15) is 0 Å². The van der Waals surface area contributed by atoms with Gasteiger partial charge in [0.25, 0.3) is 5.91 Å². The van der Waals surface area contributed by atoms with Crippen LogP contribution >= 0.6 is 0 Å². The van der Waals surface area contributed by atoms with Crippen molar-refractivity contribution < 1.29 is 29.4 Å². The first-order chi connectivity index (χ1) is 19.7. The predicted molar refractivity (Wildman–Crippen MR) is 158 cm³/mol. The van der Waals surface area contributed by atoms with Crippen LogP contribution in [0.2, 0.25) is 0 Å². The first-order valence-corrected chi connectivity index (χ1v) is 13.6. The van der Waals surface area contributed by atoms with Crippen molar-refractivity contribution in [3.8, 4) is 0 Å². The highest BCUT2D eigenvalue weighted by Crippen LogP contribution is 2.31. The van der Waals surface area contributed by atoms with E-state index >= 15 is 0 Å². The van der Waals surface area contributed by atoms with Crippen LogP contribution in [0.3, 0.4) is 0 Å². The molecule has 0 heterocycles. The Kier molecular flexibility index (Phi) is 9.30. The number of carbonyl (C=O) groups excluding carboxylic acids is 2. The largest absolute Gasteiger partial charge is 0.478 e. The number of amides is 1. The summed E-state index contributed by atoms with van der Waals surface area (Å²) in [5, 5.41) is 22.6. The molecule has 0 aliphatic rings. The maximum absolute atomic E-state index is 13.4. The molecule has 0 bridgehead atoms. The minimum atomic E-state index is -1.32. The van der Waals surface area contributed by atoms with E-state index in [-0.39, 0.29) is 45.2 Å². The van der Waals surface area contributed by atoms with Crippen molar-refractivity contribution in [2.45, 2.75) is 46.0 Å². The Balaban J connectivity index is 1.62. The van der Waals surface area contributed by atoms with Gasteiger partial charge >= 0.3 is 11.9 Å². The standard InChI is InChI=1S/C34H33NO6/c1-21-7-5-10-23(19-21)9-3-4-12-29(36)25-13-15-28(34(40)41)31-26(14-16-27(30(25)31)33(38)39)32(37)35-18-17-24-11-6-8-22(2)20-24/h5-8,10-11,13-16,19-20H,3-4,9,12,17-18H2,1-2H3,(H,35,37)(H,38,39)(H,40,41). The quantitative estimate of drug-likeness (QED) is 0.138. The smallest absolute Gasteiger partial charge is 0.336 e. The number of carboxylic acid groups (broad SMARTS) is 2. The number of Topliss-reactive ketones (excluding diaryl/α,β-unsaturated/α-hetero) is 1. The monoisotopic (exact) mass is 551 g/mol. The highest BCUT2D eigenvalue weighted by atomic mass is 16.4. The van der Waals surface area contributed by atoms with Crippen molar-refractivity contribution in [3.05, 3.63) is 117 Å². The van der Waals surface area contributed by atoms with Gasteiger partial charge in [0.05, 0.1) is 11.1 Å². The summed E-state index contributed by atoms with van der Waals surface area (Å²) in [4.78, 5) is 51.0. The summed E-state index contributed by atoms with van der Waals surface area (Å²) >= 11 is 0. The van der Waals surface area contributed by atoms with Crippen LogP contribution in [-0.4, -0.2) is 40.4 Å². The first kappa shape index (κ1) is 29.2. The van der Waals surface area contributed by atoms with Crippen molar-refractivity contribution in [3.63, 3.8) is 0 Å². The second-order valence-electron chi connectivity index (χ2n) is 10.3. The van der Waals surface area contributed by atoms with E-state index in [0.717, 1.165) is 24.0 Å². The molecule has 0 saturated carbocycles. The molecule has 0 atom stereocenters. The van der Waals surface area contributed by atoms with Gasteiger partial charge in [-0.25, -0.2) is 9.59 Å². The number of ketones is 1. The lowest BCUT2D eigenvalue weighted by atomic mass is 9.88. The van der Waals surface area contributed by atoms with Crippen LogP contribution in [0.25, 0.3) is 10.8 Å². The zero-order valence-corrected chi connectivity index (χ0v) is 23.2. The molecule has 4 rings (SSSR count). The summed E-state index contributed by atoms with van der Waals surface area (Å²) < 4.78 is 0. The molecule has 0 aromatic heterocycles. The Morgan fingerprint density at radius 1 is 0.634 bits per heavy atom. The highest BCUT2D eigenvalue weighted by molar-refractivity contribution is 6.23. The van der Waals surface area contributed by atoms with Crippen molar-refractivity contribution in [1.29, 1.82) is 0 Å². The molecule has 4 aromatic rings. The normalized spacial score (nSPS) is 10.9. The number of unbranched alkanes of at least 4 members (excludes halogenated alkanes) is 1. The Bertz CT molecular complexity index is 1640. The lowest BCUT2D eigenvalue weighted by Crippen LogP contribution is -2.26. The molecule has 1 amide bonds. The predicted octanol–water partition coefficient (Wildman–Crippen LogP) is 6.42. The highest BCUT2D eigenvalue weighted by Gasteiger charge is 2.25. The van der Waals surface area contributed by atoms with Gasteiger partial charge in [-0.05, 0) is 74.9 Å². The molecule has 210 valence electrons. The second-order valence-corrected chi connectivity index (χ2v) is 10.3. The zero-order chi connectivity index (χ0) is 29.5. The van der Waals surface area contributed by atoms with E-state index in [1.54, 1.807) is 0 Å². The molecule has 0 aliphatic carbocycles. The van der Waals surface area contributed by atoms with E-state index in [1.165, 1.54) is 35.4 Å². The summed E-state index contributed by atoms with van der Waals surface area (Å²) in [6.45, 7) is 4.30. The van der Waals surface area contributed by atoms with Gasteiger partial charge in [0, 0.05) is 34.9 Å². The summed E-state index contributed by atoms with van der Waals surface area (Å²) in [7, 11) is 0. The molecular weight excluding hydrogens is 518 g/mol. The van der Waals surface area contributed by atoms with E-state index in [9.17, 15) is 29.4 Å². The van der Waals surface area contributed by atoms with Gasteiger partial charge in [-0.1, -0.05) is 59.7 Å². The fourth-order valence-corrected chi connectivity index (χ4v) is 5.17. The molecule has 7 heteroatoms. The van der Waals surface area contributed by atoms with Crippen molar-refractivity contribution in [2.75, 3.05) is 6.54 Å². The van der Waals surface area contributed by atoms with Crippen LogP contribution in [-0.2, 0) is 12.8 Å². The van der Waals surface area contributed by atoms with Crippen molar-refractivity contribution in [1.82, 2.24) is 5.32 Å². The van der Waals surface area contributed by atoms with E-state index in [2.05, 4.69) is 11.4 Å². The van der Waals surface area contributed by atoms with Gasteiger partial charge in [-0.3, -0.25) is 9.59 Å². The van der Waals surface area contributed by atoms with E-state index in [1.807, 2.05) is 56.3 Å². The second kappa shape index (κ2) is 13.0. The molecule has 0 unspecified atom stereocenters. The SMILES string of the molecule is Cc1cccc(CCCCC(=O)c2ccc(C(=O)O)c3c(C(=O)NCCc4cccc(C)c4)ccc(C(=O)O)c23)c1. The molecule has 0 saturated heterocycles. The summed E-state index contributed by atoms with van der Waals surface area (Å²) in [5.41, 5.74) is 4.15. The minimum Gasteiger partial charge on any atom is -0.478 e. The average molecular weight is 552 g/mol. The van der Waals surface area contributed by atoms with Crippen LogP contribution < -0.4 is 5.32 Å². The number of nitrogens with one attached hydrogen (secondary N) is 1. The van der Waals surface area contributed by atoms with E-state index < -0.39 is 17.8 Å². The lowest BCUT2D eigenvalue weighted by Gasteiger charge is -2.15. The molecule has 41 heavy (non-hydrogen) atoms. The Hall–Kier alpha value is -4.78. The summed E-state index contributed by atoms with van der Waals surface area (Å²) in [6.07, 6.45) is 2.88. The van der Waals surface area contributed by atoms with Crippen molar-refractivity contribution in [2.24, 2.45) is 0 Å². The third kappa shape index (κ3) is 7.06. The number of fused-ring (bicyclic) bond motifs is 1. The van der Waals surface area contributed by atoms with Gasteiger partial charge in [0.15, 0.2) is 5.78 Å². The number of carbonyl (C=O) groups is 4. The molecule has 0 spiro atoms. The number of carboxylic acids is 2. The third-order valence-electron chi connectivity index (χ3n) is 7.15. The number of hydrogen-bond donors (Lipinski definition) is 3. The number of benzene rings is 4. The van der Waals surface area contributed by atoms with Crippen LogP contribution in [0.4, 0.5) is 0 Å². The third-order valence-corrected chi connectivity index (χ3v) is 7.15. The molecule has 0 radical (unpaired) electrons. The number of aryl methyl sites for hydroxylation is 3. The molecule has 0 aliphatic heterocycles. The molecule has 3 N–H and O–H groups in total. The van der Waals surface area contributed by atoms with Crippen LogP contribution in [0.15, 0.2) is 72.8 Å². The lowest BCUT2D eigenvalue weighted by molar-refractivity contribution is 0.0686. The molecule has 4 aromatic carbocycles. The Labute approximate surface area is 238 Å². The van der Waals surface area contributed by atoms with Crippen LogP contribution in [0, 0.1) is 13.8 Å². The maximum Gasteiger partial charge on any atom is 0.336 e. The fourth-order valence-electron chi connectivity index (χ4n) is 5.17. The number of aromatic carboxylic acids is 2. The zero-order valence-electron chi connectivity index (χ0n) is 23.2. The van der Waals surface area contributed by atoms with Gasteiger partial charge in [-0.15, -0.1) is 0 Å². The van der Waals surface area contributed by atoms with E-state index in [0.29, 0.717) is 19.4 Å². The topological polar surface area (TPSA) is 121 Å². The molecular formula is C34H33NO6. The summed E-state index contributed by atoms with van der Waals surface area (Å²) in [5.74, 6) is -3.46. The minimum absolute atomic E-state index is 0.0146. The van der Waals surface area contributed by atoms with Gasteiger partial charge < -0.3 is 15.5 Å². The maximum atomic E-state index is 13.4. The Morgan fingerprint density at radius 3 is 1.71 bits per heavy atom. The summed E-state index contributed by atoms with van der Waals surface area (Å²) in [6, 6.07) is 21.3. The van der Waals surface area contributed by atoms with Gasteiger partial charge in [0.2, 0.25) is 0 Å². The number of hydrogen-bond acceptors (Lipinski definition) is 4. The van der Waals surface area contributed by atoms with Gasteiger partial charge in [0.1, 0.15) is 0 Å². The number of rotatable bonds is 12.